The van der Waals surface area contributed by atoms with Crippen LogP contribution in [-0.4, -0.2) is 58.2 Å². The van der Waals surface area contributed by atoms with E-state index in [2.05, 4.69) is 57.7 Å². The molecule has 38 heavy (non-hydrogen) atoms. The first kappa shape index (κ1) is 24.7. The molecule has 0 saturated carbocycles. The molecule has 4 aromatic rings. The summed E-state index contributed by atoms with van der Waals surface area (Å²) in [5, 5.41) is 15.2. The number of carbonyl (C=O) groups excluding carboxylic acids is 1. The molecule has 0 radical (unpaired) electrons. The second kappa shape index (κ2) is 9.93. The van der Waals surface area contributed by atoms with E-state index in [-0.39, 0.29) is 24.0 Å². The van der Waals surface area contributed by atoms with Crippen LogP contribution in [0, 0.1) is 12.8 Å². The first-order valence-electron chi connectivity index (χ1n) is 13.6. The molecule has 6 nitrogen and oxygen atoms in total. The van der Waals surface area contributed by atoms with Gasteiger partial charge in [0.1, 0.15) is 0 Å². The summed E-state index contributed by atoms with van der Waals surface area (Å²) >= 11 is 0. The molecular weight excluding hydrogens is 472 g/mol. The van der Waals surface area contributed by atoms with Gasteiger partial charge in [-0.1, -0.05) is 66.7 Å². The number of aromatic amines is 1. The Morgan fingerprint density at radius 2 is 1.84 bits per heavy atom. The van der Waals surface area contributed by atoms with Gasteiger partial charge in [-0.25, -0.2) is 4.79 Å². The number of para-hydroxylation sites is 2. The minimum absolute atomic E-state index is 0.0234. The van der Waals surface area contributed by atoms with E-state index in [9.17, 15) is 9.90 Å². The van der Waals surface area contributed by atoms with Crippen LogP contribution in [0.2, 0.25) is 0 Å². The number of amides is 2. The molecule has 1 aromatic heterocycles. The van der Waals surface area contributed by atoms with Gasteiger partial charge in [-0.05, 0) is 49.4 Å². The lowest BCUT2D eigenvalue weighted by molar-refractivity contribution is -0.0177. The maximum atomic E-state index is 13.4. The summed E-state index contributed by atoms with van der Waals surface area (Å²) in [5.41, 5.74) is 8.10. The molecule has 6 heteroatoms. The Labute approximate surface area is 224 Å². The van der Waals surface area contributed by atoms with E-state index in [1.54, 1.807) is 0 Å². The van der Waals surface area contributed by atoms with Crippen molar-refractivity contribution in [3.8, 4) is 11.1 Å². The maximum Gasteiger partial charge on any atom is 0.321 e. The van der Waals surface area contributed by atoms with Gasteiger partial charge in [-0.3, -0.25) is 4.90 Å². The summed E-state index contributed by atoms with van der Waals surface area (Å²) in [6.45, 7) is 5.57. The van der Waals surface area contributed by atoms with Gasteiger partial charge < -0.3 is 20.3 Å². The topological polar surface area (TPSA) is 71.6 Å². The van der Waals surface area contributed by atoms with Crippen LogP contribution < -0.4 is 5.32 Å². The molecule has 1 fully saturated rings. The molecule has 2 amide bonds. The van der Waals surface area contributed by atoms with Crippen LogP contribution in [0.3, 0.4) is 0 Å². The maximum absolute atomic E-state index is 13.4. The van der Waals surface area contributed by atoms with Crippen LogP contribution in [0.15, 0.2) is 72.8 Å². The zero-order valence-electron chi connectivity index (χ0n) is 22.3. The summed E-state index contributed by atoms with van der Waals surface area (Å²) in [5.74, 6) is -0.0234. The second-order valence-electron chi connectivity index (χ2n) is 10.9. The average molecular weight is 509 g/mol. The van der Waals surface area contributed by atoms with Gasteiger partial charge in [0.2, 0.25) is 0 Å². The van der Waals surface area contributed by atoms with E-state index in [1.165, 1.54) is 33.3 Å². The minimum Gasteiger partial charge on any atom is -0.393 e. The number of urea groups is 1. The number of aromatic nitrogens is 1. The van der Waals surface area contributed by atoms with Crippen LogP contribution in [-0.2, 0) is 6.42 Å². The Bertz CT molecular complexity index is 1460. The van der Waals surface area contributed by atoms with E-state index in [0.29, 0.717) is 0 Å². The van der Waals surface area contributed by atoms with E-state index in [1.807, 2.05) is 56.1 Å². The molecule has 1 saturated heterocycles. The van der Waals surface area contributed by atoms with Crippen LogP contribution in [0.4, 0.5) is 10.5 Å². The van der Waals surface area contributed by atoms with E-state index in [4.69, 9.17) is 0 Å². The molecule has 2 aliphatic rings. The molecule has 6 rings (SSSR count). The zero-order valence-corrected chi connectivity index (χ0v) is 22.3. The fraction of sp³-hybridized carbons (Fsp3) is 0.344. The Hall–Kier alpha value is -3.61. The van der Waals surface area contributed by atoms with Gasteiger partial charge in [0.05, 0.1) is 17.7 Å². The number of carbonyl (C=O) groups is 1. The summed E-state index contributed by atoms with van der Waals surface area (Å²) in [6.07, 6.45) is 1.24. The first-order chi connectivity index (χ1) is 18.4. The predicted octanol–water partition coefficient (Wildman–Crippen LogP) is 5.98. The average Bonchev–Trinajstić information content (AvgIpc) is 3.33. The van der Waals surface area contributed by atoms with Crippen molar-refractivity contribution in [1.29, 1.82) is 0 Å². The third-order valence-corrected chi connectivity index (χ3v) is 8.71. The number of benzene rings is 3. The minimum atomic E-state index is -0.511. The van der Waals surface area contributed by atoms with Crippen molar-refractivity contribution >= 4 is 22.6 Å². The fourth-order valence-corrected chi connectivity index (χ4v) is 6.57. The number of H-pyrrole nitrogens is 1. The Morgan fingerprint density at radius 1 is 1.08 bits per heavy atom. The molecule has 2 aliphatic heterocycles. The molecular formula is C32H36N4O2. The van der Waals surface area contributed by atoms with Crippen LogP contribution >= 0.6 is 0 Å². The highest BCUT2D eigenvalue weighted by atomic mass is 16.3. The summed E-state index contributed by atoms with van der Waals surface area (Å²) in [4.78, 5) is 21.5. The number of rotatable bonds is 4. The summed E-state index contributed by atoms with van der Waals surface area (Å²) in [6, 6.07) is 24.9. The third-order valence-electron chi connectivity index (χ3n) is 8.71. The zero-order chi connectivity index (χ0) is 26.4. The largest absolute Gasteiger partial charge is 0.393 e. The Morgan fingerprint density at radius 3 is 2.61 bits per heavy atom. The monoisotopic (exact) mass is 508 g/mol. The number of hydrogen-bond donors (Lipinski definition) is 3. The van der Waals surface area contributed by atoms with Crippen molar-refractivity contribution in [3.05, 3.63) is 89.6 Å². The molecule has 196 valence electrons. The Balaban J connectivity index is 1.34. The normalized spacial score (nSPS) is 21.9. The van der Waals surface area contributed by atoms with Crippen LogP contribution in [0.5, 0.6) is 0 Å². The van der Waals surface area contributed by atoms with Gasteiger partial charge in [0.25, 0.3) is 0 Å². The number of nitrogens with one attached hydrogen (secondary N) is 2. The molecule has 0 aliphatic carbocycles. The number of nitrogens with zero attached hydrogens (tertiary/aromatic N) is 2. The van der Waals surface area contributed by atoms with Gasteiger partial charge in [0.15, 0.2) is 0 Å². The number of aliphatic hydroxyl groups is 1. The van der Waals surface area contributed by atoms with Crippen LogP contribution in [0.25, 0.3) is 22.0 Å². The molecule has 0 bridgehead atoms. The highest BCUT2D eigenvalue weighted by Crippen LogP contribution is 2.44. The van der Waals surface area contributed by atoms with Crippen molar-refractivity contribution < 1.29 is 9.90 Å². The smallest absolute Gasteiger partial charge is 0.321 e. The molecule has 4 atom stereocenters. The lowest BCUT2D eigenvalue weighted by Gasteiger charge is -2.49. The quantitative estimate of drug-likeness (QED) is 0.318. The predicted molar refractivity (Wildman–Crippen MR) is 153 cm³/mol. The summed E-state index contributed by atoms with van der Waals surface area (Å²) < 4.78 is 0. The number of piperidine rings is 1. The number of fused-ring (bicyclic) bond motifs is 5. The van der Waals surface area contributed by atoms with Crippen molar-refractivity contribution in [2.75, 3.05) is 25.5 Å². The first-order valence-corrected chi connectivity index (χ1v) is 13.6. The van der Waals surface area contributed by atoms with E-state index in [0.717, 1.165) is 37.2 Å². The second-order valence-corrected chi connectivity index (χ2v) is 10.9. The van der Waals surface area contributed by atoms with Gasteiger partial charge >= 0.3 is 6.03 Å². The van der Waals surface area contributed by atoms with Crippen LogP contribution in [0.1, 0.15) is 36.2 Å². The number of aliphatic hydroxyl groups excluding tert-OH is 1. The van der Waals surface area contributed by atoms with Gasteiger partial charge in [0, 0.05) is 54.4 Å². The fourth-order valence-electron chi connectivity index (χ4n) is 6.57. The molecule has 0 spiro atoms. The summed E-state index contributed by atoms with van der Waals surface area (Å²) in [7, 11) is 1.87. The highest BCUT2D eigenvalue weighted by molar-refractivity contribution is 5.97. The van der Waals surface area contributed by atoms with Crippen molar-refractivity contribution in [1.82, 2.24) is 14.8 Å². The Kier molecular flexibility index (Phi) is 6.46. The molecule has 3 N–H and O–H groups in total. The van der Waals surface area contributed by atoms with Crippen molar-refractivity contribution in [3.63, 3.8) is 0 Å². The molecule has 3 aromatic carbocycles. The molecule has 3 heterocycles. The van der Waals surface area contributed by atoms with Crippen molar-refractivity contribution in [2.24, 2.45) is 5.92 Å². The standard InChI is InChI=1S/C32H36N4O2/c1-20-10-7-8-15-27(20)33-32(38)35(3)28-18-29-31-25(16-17-36(29)19-26(28)21(2)37)24-14-9-13-23(30(24)34-31)22-11-5-4-6-12-22/h4-15,21,26,28-29,34,37H,16-19H2,1-3H3,(H,33,38)/t21-,26-,28-,29-/m0/s1. The lowest BCUT2D eigenvalue weighted by Crippen LogP contribution is -2.57. The number of aryl methyl sites for hydroxylation is 1. The van der Waals surface area contributed by atoms with Gasteiger partial charge in [-0.15, -0.1) is 0 Å². The number of hydrogen-bond acceptors (Lipinski definition) is 3. The lowest BCUT2D eigenvalue weighted by atomic mass is 9.80. The highest BCUT2D eigenvalue weighted by Gasteiger charge is 2.44. The SMILES string of the molecule is Cc1ccccc1NC(=O)N(C)[C@H]1C[C@H]2c3[nH]c4c(-c5ccccc5)cccc4c3CCN2C[C@H]1[C@H](C)O. The van der Waals surface area contributed by atoms with E-state index >= 15 is 0 Å². The third kappa shape index (κ3) is 4.28. The molecule has 0 unspecified atom stereocenters. The van der Waals surface area contributed by atoms with Gasteiger partial charge in [-0.2, -0.15) is 0 Å². The number of anilines is 1. The van der Waals surface area contributed by atoms with Crippen molar-refractivity contribution in [2.45, 2.75) is 44.9 Å². The van der Waals surface area contributed by atoms with E-state index < -0.39 is 6.10 Å².